The monoisotopic (exact) mass is 750 g/mol. The van der Waals surface area contributed by atoms with E-state index in [0.717, 1.165) is 34.1 Å². The average molecular weight is 751 g/mol. The lowest BCUT2D eigenvalue weighted by molar-refractivity contribution is 0.793. The van der Waals surface area contributed by atoms with Crippen LogP contribution < -0.4 is 9.80 Å². The minimum atomic E-state index is -0.550. The van der Waals surface area contributed by atoms with Gasteiger partial charge in [0.1, 0.15) is 0 Å². The van der Waals surface area contributed by atoms with Crippen LogP contribution in [0.1, 0.15) is 22.3 Å². The van der Waals surface area contributed by atoms with Gasteiger partial charge >= 0.3 is 0 Å². The zero-order chi connectivity index (χ0) is 38.9. The van der Waals surface area contributed by atoms with Crippen LogP contribution in [0.5, 0.6) is 0 Å². The van der Waals surface area contributed by atoms with Gasteiger partial charge in [0.05, 0.1) is 22.5 Å². The minimum absolute atomic E-state index is 0.550. The number of hydrogen-bond acceptors (Lipinski definition) is 2. The first-order valence-corrected chi connectivity index (χ1v) is 20.4. The first-order chi connectivity index (χ1) is 29.3. The van der Waals surface area contributed by atoms with Crippen LogP contribution in [0.15, 0.2) is 231 Å². The number of rotatable bonds is 6. The minimum Gasteiger partial charge on any atom is -0.310 e. The van der Waals surface area contributed by atoms with Gasteiger partial charge in [-0.1, -0.05) is 182 Å². The van der Waals surface area contributed by atoms with Gasteiger partial charge in [0, 0.05) is 33.4 Å². The molecule has 0 saturated carbocycles. The lowest BCUT2D eigenvalue weighted by Crippen LogP contribution is -2.26. The first kappa shape index (κ1) is 33.5. The van der Waals surface area contributed by atoms with Crippen molar-refractivity contribution in [1.29, 1.82) is 0 Å². The van der Waals surface area contributed by atoms with E-state index in [1.165, 1.54) is 66.1 Å². The van der Waals surface area contributed by atoms with Gasteiger partial charge in [-0.15, -0.1) is 0 Å². The molecular formula is C57H38N2. The normalized spacial score (nSPS) is 12.9. The standard InChI is InChI=1S/C57H38N2/c1-3-23-41(24-4-1)58(53-35-17-21-39-19-7-9-27-44(39)53)43-37-52-56(55(38-43)59(42-25-5-2-6-26-42)54-36-18-22-40-20-8-10-28-45(40)54)48-31-13-16-34-51(48)57(52)49-32-14-11-29-46(49)47-30-12-15-33-50(47)57/h1-38H. The highest BCUT2D eigenvalue weighted by atomic mass is 15.2. The van der Waals surface area contributed by atoms with Crippen LogP contribution in [0.4, 0.5) is 34.1 Å². The lowest BCUT2D eigenvalue weighted by atomic mass is 9.70. The Morgan fingerprint density at radius 1 is 0.271 bits per heavy atom. The van der Waals surface area contributed by atoms with Crippen LogP contribution in [0, 0.1) is 0 Å². The maximum absolute atomic E-state index is 2.51. The highest BCUT2D eigenvalue weighted by molar-refractivity contribution is 6.07. The van der Waals surface area contributed by atoms with E-state index in [-0.39, 0.29) is 0 Å². The molecule has 2 aliphatic rings. The van der Waals surface area contributed by atoms with Gasteiger partial charge < -0.3 is 9.80 Å². The molecule has 276 valence electrons. The molecule has 0 atom stereocenters. The number of hydrogen-bond donors (Lipinski definition) is 0. The molecule has 59 heavy (non-hydrogen) atoms. The van der Waals surface area contributed by atoms with Gasteiger partial charge in [-0.2, -0.15) is 0 Å². The molecule has 12 rings (SSSR count). The summed E-state index contributed by atoms with van der Waals surface area (Å²) < 4.78 is 0. The summed E-state index contributed by atoms with van der Waals surface area (Å²) in [6, 6.07) is 85.0. The number of anilines is 6. The van der Waals surface area contributed by atoms with E-state index in [0.29, 0.717) is 0 Å². The molecule has 2 aliphatic carbocycles. The molecule has 0 saturated heterocycles. The molecule has 0 radical (unpaired) electrons. The van der Waals surface area contributed by atoms with Crippen molar-refractivity contribution in [3.05, 3.63) is 253 Å². The van der Waals surface area contributed by atoms with Crippen LogP contribution >= 0.6 is 0 Å². The van der Waals surface area contributed by atoms with Crippen LogP contribution in [-0.4, -0.2) is 0 Å². The van der Waals surface area contributed by atoms with E-state index >= 15 is 0 Å². The molecule has 2 nitrogen and oxygen atoms in total. The summed E-state index contributed by atoms with van der Waals surface area (Å²) in [5.41, 5.74) is 16.5. The summed E-state index contributed by atoms with van der Waals surface area (Å²) in [6.07, 6.45) is 0. The van der Waals surface area contributed by atoms with E-state index in [1.807, 2.05) is 0 Å². The van der Waals surface area contributed by atoms with Crippen LogP contribution in [0.2, 0.25) is 0 Å². The average Bonchev–Trinajstić information content (AvgIpc) is 3.78. The summed E-state index contributed by atoms with van der Waals surface area (Å²) in [7, 11) is 0. The zero-order valence-electron chi connectivity index (χ0n) is 32.3. The SMILES string of the molecule is c1ccc(N(c2cc(N(c3ccccc3)c3cccc4ccccc34)c3c(c2)C2(c4ccccc4-c4ccccc42)c2ccccc2-3)c2cccc3ccccc23)cc1. The molecule has 0 fully saturated rings. The second-order valence-corrected chi connectivity index (χ2v) is 15.6. The molecule has 0 bridgehead atoms. The molecule has 10 aromatic rings. The molecular weight excluding hydrogens is 713 g/mol. The Labute approximate surface area is 344 Å². The fourth-order valence-corrected chi connectivity index (χ4v) is 10.3. The molecule has 0 amide bonds. The van der Waals surface area contributed by atoms with Crippen LogP contribution in [0.25, 0.3) is 43.8 Å². The smallest absolute Gasteiger partial charge is 0.0727 e. The summed E-state index contributed by atoms with van der Waals surface area (Å²) in [5.74, 6) is 0. The van der Waals surface area contributed by atoms with Crippen molar-refractivity contribution in [2.75, 3.05) is 9.80 Å². The maximum atomic E-state index is 2.51. The molecule has 1 spiro atoms. The molecule has 0 aromatic heterocycles. The predicted molar refractivity (Wildman–Crippen MR) is 247 cm³/mol. The largest absolute Gasteiger partial charge is 0.310 e. The number of fused-ring (bicyclic) bond motifs is 12. The molecule has 0 heterocycles. The highest BCUT2D eigenvalue weighted by Crippen LogP contribution is 2.66. The Bertz CT molecular complexity index is 3180. The fourth-order valence-electron chi connectivity index (χ4n) is 10.3. The third-order valence-corrected chi connectivity index (χ3v) is 12.6. The third-order valence-electron chi connectivity index (χ3n) is 12.6. The van der Waals surface area contributed by atoms with Gasteiger partial charge in [0.2, 0.25) is 0 Å². The van der Waals surface area contributed by atoms with Crippen molar-refractivity contribution in [2.45, 2.75) is 5.41 Å². The molecule has 0 unspecified atom stereocenters. The van der Waals surface area contributed by atoms with Gasteiger partial charge in [-0.05, 0) is 98.2 Å². The summed E-state index contributed by atoms with van der Waals surface area (Å²) in [5, 5.41) is 4.81. The van der Waals surface area contributed by atoms with Crippen molar-refractivity contribution < 1.29 is 0 Å². The van der Waals surface area contributed by atoms with Crippen LogP contribution in [0.3, 0.4) is 0 Å². The van der Waals surface area contributed by atoms with Crippen molar-refractivity contribution in [3.63, 3.8) is 0 Å². The van der Waals surface area contributed by atoms with Crippen LogP contribution in [-0.2, 0) is 5.41 Å². The topological polar surface area (TPSA) is 6.48 Å². The van der Waals surface area contributed by atoms with E-state index in [9.17, 15) is 0 Å². The Morgan fingerprint density at radius 2 is 0.695 bits per heavy atom. The second kappa shape index (κ2) is 13.2. The Morgan fingerprint density at radius 3 is 1.27 bits per heavy atom. The summed E-state index contributed by atoms with van der Waals surface area (Å²) >= 11 is 0. The number of para-hydroxylation sites is 2. The van der Waals surface area contributed by atoms with Gasteiger partial charge in [0.25, 0.3) is 0 Å². The highest BCUT2D eigenvalue weighted by Gasteiger charge is 2.53. The fraction of sp³-hybridized carbons (Fsp3) is 0.0175. The quantitative estimate of drug-likeness (QED) is 0.167. The van der Waals surface area contributed by atoms with Gasteiger partial charge in [-0.3, -0.25) is 0 Å². The van der Waals surface area contributed by atoms with Crippen molar-refractivity contribution >= 4 is 55.7 Å². The number of nitrogens with zero attached hydrogens (tertiary/aromatic N) is 2. The molecule has 10 aromatic carbocycles. The van der Waals surface area contributed by atoms with Gasteiger partial charge in [0.15, 0.2) is 0 Å². The zero-order valence-corrected chi connectivity index (χ0v) is 32.3. The Kier molecular flexibility index (Phi) is 7.48. The molecule has 0 N–H and O–H groups in total. The molecule has 2 heteroatoms. The Hall–Kier alpha value is -7.68. The number of benzene rings is 10. The first-order valence-electron chi connectivity index (χ1n) is 20.4. The lowest BCUT2D eigenvalue weighted by Gasteiger charge is -2.35. The summed E-state index contributed by atoms with van der Waals surface area (Å²) in [6.45, 7) is 0. The third kappa shape index (κ3) is 4.87. The second-order valence-electron chi connectivity index (χ2n) is 15.6. The Balaban J connectivity index is 1.27. The van der Waals surface area contributed by atoms with E-state index < -0.39 is 5.41 Å². The van der Waals surface area contributed by atoms with Gasteiger partial charge in [-0.25, -0.2) is 0 Å². The van der Waals surface area contributed by atoms with Crippen molar-refractivity contribution in [1.82, 2.24) is 0 Å². The van der Waals surface area contributed by atoms with Crippen molar-refractivity contribution in [3.8, 4) is 22.3 Å². The van der Waals surface area contributed by atoms with E-state index in [4.69, 9.17) is 0 Å². The van der Waals surface area contributed by atoms with Crippen molar-refractivity contribution in [2.24, 2.45) is 0 Å². The molecule has 0 aliphatic heterocycles. The maximum Gasteiger partial charge on any atom is 0.0727 e. The summed E-state index contributed by atoms with van der Waals surface area (Å²) in [4.78, 5) is 4.99. The van der Waals surface area contributed by atoms with E-state index in [2.05, 4.69) is 240 Å². The predicted octanol–water partition coefficient (Wildman–Crippen LogP) is 15.3. The van der Waals surface area contributed by atoms with E-state index in [1.54, 1.807) is 0 Å².